The Morgan fingerprint density at radius 1 is 1.35 bits per heavy atom. The Labute approximate surface area is 103 Å². The standard InChI is InChI=1S/C11H21NO4S/c1-8(13)9(2)17(15,16)7-11(14)12-10-5-3-4-6-10/h8-10,13H,3-7H2,1-2H3,(H,12,14)/t8-,9+/m1/s1. The van der Waals surface area contributed by atoms with Crippen LogP contribution in [0.25, 0.3) is 0 Å². The number of hydrogen-bond donors (Lipinski definition) is 2. The molecule has 1 rings (SSSR count). The number of amides is 1. The number of hydrogen-bond acceptors (Lipinski definition) is 4. The second-order valence-electron chi connectivity index (χ2n) is 4.80. The predicted octanol–water partition coefficient (Wildman–Crippen LogP) is 0.229. The first kappa shape index (κ1) is 14.4. The van der Waals surface area contributed by atoms with E-state index in [1.165, 1.54) is 13.8 Å². The molecule has 1 aliphatic carbocycles. The maximum atomic E-state index is 11.7. The highest BCUT2D eigenvalue weighted by Crippen LogP contribution is 2.17. The van der Waals surface area contributed by atoms with Crippen LogP contribution in [-0.4, -0.2) is 42.6 Å². The Hall–Kier alpha value is -0.620. The molecular weight excluding hydrogens is 242 g/mol. The van der Waals surface area contributed by atoms with Crippen LogP contribution in [0.5, 0.6) is 0 Å². The molecule has 0 aromatic rings. The lowest BCUT2D eigenvalue weighted by molar-refractivity contribution is -0.119. The summed E-state index contributed by atoms with van der Waals surface area (Å²) in [5.41, 5.74) is 0. The van der Waals surface area contributed by atoms with Gasteiger partial charge in [-0.05, 0) is 26.7 Å². The molecule has 1 amide bonds. The van der Waals surface area contributed by atoms with Gasteiger partial charge in [0.2, 0.25) is 5.91 Å². The third kappa shape index (κ3) is 4.27. The average molecular weight is 263 g/mol. The van der Waals surface area contributed by atoms with E-state index in [4.69, 9.17) is 0 Å². The summed E-state index contributed by atoms with van der Waals surface area (Å²) in [4.78, 5) is 11.6. The highest BCUT2D eigenvalue weighted by atomic mass is 32.2. The Bertz CT molecular complexity index is 358. The van der Waals surface area contributed by atoms with Gasteiger partial charge >= 0.3 is 0 Å². The van der Waals surface area contributed by atoms with Gasteiger partial charge < -0.3 is 10.4 Å². The first-order chi connectivity index (χ1) is 7.83. The maximum Gasteiger partial charge on any atom is 0.235 e. The van der Waals surface area contributed by atoms with Crippen LogP contribution >= 0.6 is 0 Å². The number of aliphatic hydroxyl groups excluding tert-OH is 1. The van der Waals surface area contributed by atoms with Gasteiger partial charge in [-0.15, -0.1) is 0 Å². The molecule has 0 heterocycles. The average Bonchev–Trinajstić information content (AvgIpc) is 2.67. The molecule has 5 nitrogen and oxygen atoms in total. The van der Waals surface area contributed by atoms with E-state index in [1.807, 2.05) is 0 Å². The van der Waals surface area contributed by atoms with Gasteiger partial charge in [-0.25, -0.2) is 8.42 Å². The van der Waals surface area contributed by atoms with Gasteiger partial charge in [-0.1, -0.05) is 12.8 Å². The predicted molar refractivity (Wildman–Crippen MR) is 65.3 cm³/mol. The molecule has 0 aromatic heterocycles. The fraction of sp³-hybridized carbons (Fsp3) is 0.909. The normalized spacial score (nSPS) is 21.1. The molecule has 1 aliphatic rings. The zero-order valence-electron chi connectivity index (χ0n) is 10.3. The number of carbonyl (C=O) groups excluding carboxylic acids is 1. The number of sulfone groups is 1. The zero-order chi connectivity index (χ0) is 13.1. The van der Waals surface area contributed by atoms with Gasteiger partial charge in [-0.3, -0.25) is 4.79 Å². The summed E-state index contributed by atoms with van der Waals surface area (Å²) in [5, 5.41) is 11.1. The minimum Gasteiger partial charge on any atom is -0.392 e. The number of aliphatic hydroxyl groups is 1. The minimum absolute atomic E-state index is 0.125. The summed E-state index contributed by atoms with van der Waals surface area (Å²) in [7, 11) is -3.56. The summed E-state index contributed by atoms with van der Waals surface area (Å²) in [6.07, 6.45) is 3.07. The molecule has 0 radical (unpaired) electrons. The van der Waals surface area contributed by atoms with Crippen LogP contribution < -0.4 is 5.32 Å². The van der Waals surface area contributed by atoms with Gasteiger partial charge in [-0.2, -0.15) is 0 Å². The van der Waals surface area contributed by atoms with E-state index in [0.29, 0.717) is 0 Å². The van der Waals surface area contributed by atoms with Crippen molar-refractivity contribution in [3.63, 3.8) is 0 Å². The topological polar surface area (TPSA) is 83.5 Å². The van der Waals surface area contributed by atoms with Gasteiger partial charge in [0.1, 0.15) is 5.75 Å². The van der Waals surface area contributed by atoms with Crippen LogP contribution in [0.3, 0.4) is 0 Å². The van der Waals surface area contributed by atoms with E-state index in [9.17, 15) is 18.3 Å². The molecule has 17 heavy (non-hydrogen) atoms. The molecular formula is C11H21NO4S. The van der Waals surface area contributed by atoms with Crippen molar-refractivity contribution in [1.29, 1.82) is 0 Å². The SMILES string of the molecule is C[C@@H](O)[C@H](C)S(=O)(=O)CC(=O)NC1CCCC1. The monoisotopic (exact) mass is 263 g/mol. The fourth-order valence-corrected chi connectivity index (χ4v) is 3.27. The van der Waals surface area contributed by atoms with Crippen molar-refractivity contribution < 1.29 is 18.3 Å². The van der Waals surface area contributed by atoms with Crippen LogP contribution in [0.15, 0.2) is 0 Å². The lowest BCUT2D eigenvalue weighted by Gasteiger charge is -2.16. The Morgan fingerprint density at radius 2 is 1.88 bits per heavy atom. The van der Waals surface area contributed by atoms with Crippen molar-refractivity contribution in [3.05, 3.63) is 0 Å². The van der Waals surface area contributed by atoms with Crippen molar-refractivity contribution in [2.45, 2.75) is 56.9 Å². The van der Waals surface area contributed by atoms with Crippen LogP contribution in [0, 0.1) is 0 Å². The fourth-order valence-electron chi connectivity index (χ4n) is 1.95. The lowest BCUT2D eigenvalue weighted by Crippen LogP contribution is -2.41. The number of rotatable bonds is 5. The van der Waals surface area contributed by atoms with Crippen molar-refractivity contribution in [1.82, 2.24) is 5.32 Å². The molecule has 1 saturated carbocycles. The first-order valence-electron chi connectivity index (χ1n) is 6.02. The van der Waals surface area contributed by atoms with E-state index in [0.717, 1.165) is 25.7 Å². The third-order valence-corrected chi connectivity index (χ3v) is 5.49. The van der Waals surface area contributed by atoms with Crippen molar-refractivity contribution in [2.24, 2.45) is 0 Å². The Balaban J connectivity index is 2.49. The van der Waals surface area contributed by atoms with E-state index in [1.54, 1.807) is 0 Å². The highest BCUT2D eigenvalue weighted by molar-refractivity contribution is 7.92. The van der Waals surface area contributed by atoms with E-state index in [-0.39, 0.29) is 6.04 Å². The Kier molecular flexibility index (Phi) is 4.94. The van der Waals surface area contributed by atoms with Crippen LogP contribution in [0.2, 0.25) is 0 Å². The largest absolute Gasteiger partial charge is 0.392 e. The summed E-state index contributed by atoms with van der Waals surface area (Å²) in [5.74, 6) is -0.986. The highest BCUT2D eigenvalue weighted by Gasteiger charge is 2.28. The maximum absolute atomic E-state index is 11.7. The van der Waals surface area contributed by atoms with E-state index < -0.39 is 32.9 Å². The third-order valence-electron chi connectivity index (χ3n) is 3.30. The van der Waals surface area contributed by atoms with Gasteiger partial charge in [0.25, 0.3) is 0 Å². The lowest BCUT2D eigenvalue weighted by atomic mass is 10.2. The van der Waals surface area contributed by atoms with Crippen LogP contribution in [0.1, 0.15) is 39.5 Å². The summed E-state index contributed by atoms with van der Waals surface area (Å²) < 4.78 is 23.5. The smallest absolute Gasteiger partial charge is 0.235 e. The molecule has 0 saturated heterocycles. The molecule has 6 heteroatoms. The molecule has 2 N–H and O–H groups in total. The van der Waals surface area contributed by atoms with Crippen LogP contribution in [-0.2, 0) is 14.6 Å². The number of nitrogens with one attached hydrogen (secondary N) is 1. The Morgan fingerprint density at radius 3 is 2.35 bits per heavy atom. The van der Waals surface area contributed by atoms with E-state index in [2.05, 4.69) is 5.32 Å². The molecule has 1 fully saturated rings. The second-order valence-corrected chi connectivity index (χ2v) is 7.16. The second kappa shape index (κ2) is 5.82. The molecule has 0 unspecified atom stereocenters. The summed E-state index contributed by atoms with van der Waals surface area (Å²) in [6, 6.07) is 0.125. The molecule has 0 aromatic carbocycles. The van der Waals surface area contributed by atoms with Crippen molar-refractivity contribution in [3.8, 4) is 0 Å². The summed E-state index contributed by atoms with van der Waals surface area (Å²) in [6.45, 7) is 2.83. The van der Waals surface area contributed by atoms with Gasteiger partial charge in [0.05, 0.1) is 11.4 Å². The number of carbonyl (C=O) groups is 1. The molecule has 2 atom stereocenters. The molecule has 0 spiro atoms. The van der Waals surface area contributed by atoms with Crippen molar-refractivity contribution in [2.75, 3.05) is 5.75 Å². The molecule has 0 aliphatic heterocycles. The first-order valence-corrected chi connectivity index (χ1v) is 7.73. The van der Waals surface area contributed by atoms with Gasteiger partial charge in [0, 0.05) is 6.04 Å². The van der Waals surface area contributed by atoms with E-state index >= 15 is 0 Å². The van der Waals surface area contributed by atoms with Crippen LogP contribution in [0.4, 0.5) is 0 Å². The quantitative estimate of drug-likeness (QED) is 0.743. The van der Waals surface area contributed by atoms with Crippen molar-refractivity contribution >= 4 is 15.7 Å². The minimum atomic E-state index is -3.56. The van der Waals surface area contributed by atoms with Gasteiger partial charge in [0.15, 0.2) is 9.84 Å². The molecule has 100 valence electrons. The molecule has 0 bridgehead atoms. The zero-order valence-corrected chi connectivity index (χ0v) is 11.2. The summed E-state index contributed by atoms with van der Waals surface area (Å²) >= 11 is 0.